The van der Waals surface area contributed by atoms with Gasteiger partial charge in [0.05, 0.1) is 22.2 Å². The van der Waals surface area contributed by atoms with Crippen molar-refractivity contribution in [1.82, 2.24) is 4.98 Å². The van der Waals surface area contributed by atoms with Crippen LogP contribution in [0.4, 0.5) is 5.69 Å². The van der Waals surface area contributed by atoms with Crippen LogP contribution < -0.4 is 4.74 Å². The number of nitro groups is 1. The largest absolute Gasteiger partial charge is 0.448 e. The molecule has 104 valence electrons. The molecule has 0 bridgehead atoms. The third-order valence-corrected chi connectivity index (χ3v) is 2.78. The average molecular weight is 295 g/mol. The maximum atomic E-state index is 11.1. The van der Waals surface area contributed by atoms with E-state index in [4.69, 9.17) is 16.3 Å². The van der Waals surface area contributed by atoms with Gasteiger partial charge in [-0.25, -0.2) is 0 Å². The van der Waals surface area contributed by atoms with Crippen LogP contribution in [0.5, 0.6) is 11.5 Å². The molecule has 1 unspecified atom stereocenters. The van der Waals surface area contributed by atoms with Crippen LogP contribution in [0.3, 0.4) is 0 Å². The van der Waals surface area contributed by atoms with Gasteiger partial charge in [-0.3, -0.25) is 15.1 Å². The summed E-state index contributed by atoms with van der Waals surface area (Å²) < 4.78 is 5.42. The minimum Gasteiger partial charge on any atom is -0.448 e. The number of nitrogens with zero attached hydrogens (tertiary/aromatic N) is 2. The second-order valence-electron chi connectivity index (χ2n) is 4.10. The molecule has 6 nitrogen and oxygen atoms in total. The number of aliphatic hydroxyl groups excluding tert-OH is 1. The number of hydrogen-bond donors (Lipinski definition) is 1. The maximum Gasteiger partial charge on any atom is 0.311 e. The van der Waals surface area contributed by atoms with Crippen molar-refractivity contribution < 1.29 is 14.8 Å². The maximum absolute atomic E-state index is 11.1. The number of rotatable bonds is 4. The minimum atomic E-state index is -0.796. The molecule has 2 aromatic rings. The molecule has 0 aliphatic rings. The molecule has 1 aromatic carbocycles. The molecule has 1 atom stereocenters. The molecule has 1 N–H and O–H groups in total. The van der Waals surface area contributed by atoms with Gasteiger partial charge in [0.1, 0.15) is 5.75 Å². The van der Waals surface area contributed by atoms with Crippen LogP contribution in [0.1, 0.15) is 18.6 Å². The Bertz CT molecular complexity index is 646. The van der Waals surface area contributed by atoms with Crippen LogP contribution in [0, 0.1) is 10.1 Å². The second kappa shape index (κ2) is 5.85. The van der Waals surface area contributed by atoms with E-state index in [0.717, 1.165) is 0 Å². The monoisotopic (exact) mass is 294 g/mol. The van der Waals surface area contributed by atoms with Crippen LogP contribution in [-0.2, 0) is 0 Å². The van der Waals surface area contributed by atoms with Gasteiger partial charge < -0.3 is 9.84 Å². The zero-order valence-electron chi connectivity index (χ0n) is 10.5. The van der Waals surface area contributed by atoms with E-state index in [1.165, 1.54) is 37.5 Å². The topological polar surface area (TPSA) is 85.5 Å². The van der Waals surface area contributed by atoms with Crippen molar-refractivity contribution in [3.05, 3.63) is 57.4 Å². The summed E-state index contributed by atoms with van der Waals surface area (Å²) >= 11 is 5.77. The van der Waals surface area contributed by atoms with Gasteiger partial charge in [0, 0.05) is 18.3 Å². The zero-order valence-corrected chi connectivity index (χ0v) is 11.2. The van der Waals surface area contributed by atoms with Gasteiger partial charge in [0.2, 0.25) is 5.75 Å². The molecule has 0 saturated heterocycles. The number of halogens is 1. The van der Waals surface area contributed by atoms with Crippen LogP contribution in [-0.4, -0.2) is 15.0 Å². The Hall–Kier alpha value is -2.18. The van der Waals surface area contributed by atoms with E-state index >= 15 is 0 Å². The van der Waals surface area contributed by atoms with Crippen molar-refractivity contribution in [2.75, 3.05) is 0 Å². The summed E-state index contributed by atoms with van der Waals surface area (Å²) in [5.74, 6) is 0.355. The fourth-order valence-electron chi connectivity index (χ4n) is 1.60. The summed E-state index contributed by atoms with van der Waals surface area (Å²) in [4.78, 5) is 14.3. The van der Waals surface area contributed by atoms with E-state index in [1.54, 1.807) is 6.07 Å². The van der Waals surface area contributed by atoms with E-state index < -0.39 is 11.0 Å². The Kier molecular flexibility index (Phi) is 4.16. The Morgan fingerprint density at radius 1 is 1.40 bits per heavy atom. The highest BCUT2D eigenvalue weighted by Gasteiger charge is 2.18. The smallest absolute Gasteiger partial charge is 0.311 e. The van der Waals surface area contributed by atoms with Gasteiger partial charge in [0.25, 0.3) is 0 Å². The summed E-state index contributed by atoms with van der Waals surface area (Å²) in [6, 6.07) is 5.77. The lowest BCUT2D eigenvalue weighted by molar-refractivity contribution is -0.385. The first-order valence-electron chi connectivity index (χ1n) is 5.72. The quantitative estimate of drug-likeness (QED) is 0.689. The molecule has 1 aromatic heterocycles. The minimum absolute atomic E-state index is 0.0588. The van der Waals surface area contributed by atoms with E-state index in [0.29, 0.717) is 16.3 Å². The number of benzene rings is 1. The molecule has 0 amide bonds. The van der Waals surface area contributed by atoms with Gasteiger partial charge >= 0.3 is 5.69 Å². The summed E-state index contributed by atoms with van der Waals surface area (Å²) in [5, 5.41) is 20.9. The summed E-state index contributed by atoms with van der Waals surface area (Å²) in [5.41, 5.74) is 0.205. The Morgan fingerprint density at radius 2 is 2.15 bits per heavy atom. The van der Waals surface area contributed by atoms with E-state index in [2.05, 4.69) is 4.98 Å². The Morgan fingerprint density at radius 3 is 2.75 bits per heavy atom. The molecule has 0 aliphatic carbocycles. The van der Waals surface area contributed by atoms with Crippen LogP contribution in [0.25, 0.3) is 0 Å². The number of aromatic nitrogens is 1. The zero-order chi connectivity index (χ0) is 14.7. The molecule has 2 rings (SSSR count). The molecule has 7 heteroatoms. The predicted octanol–water partition coefficient (Wildman–Crippen LogP) is 3.49. The first-order valence-corrected chi connectivity index (χ1v) is 6.10. The standard InChI is InChI=1S/C13H11ClN2O4/c1-8(17)9-2-3-13(12(4-9)16(18)19)20-11-5-10(14)6-15-7-11/h2-8,17H,1H3. The van der Waals surface area contributed by atoms with E-state index in [1.807, 2.05) is 0 Å². The highest BCUT2D eigenvalue weighted by molar-refractivity contribution is 6.30. The van der Waals surface area contributed by atoms with Gasteiger partial charge in [-0.15, -0.1) is 0 Å². The molecular weight excluding hydrogens is 284 g/mol. The number of ether oxygens (including phenoxy) is 1. The van der Waals surface area contributed by atoms with Gasteiger partial charge in [0.15, 0.2) is 0 Å². The number of hydrogen-bond acceptors (Lipinski definition) is 5. The lowest BCUT2D eigenvalue weighted by Gasteiger charge is -2.09. The molecule has 0 radical (unpaired) electrons. The van der Waals surface area contributed by atoms with Gasteiger partial charge in [-0.1, -0.05) is 17.7 Å². The lowest BCUT2D eigenvalue weighted by atomic mass is 10.1. The van der Waals surface area contributed by atoms with Crippen molar-refractivity contribution in [1.29, 1.82) is 0 Å². The molecule has 0 fully saturated rings. The van der Waals surface area contributed by atoms with Crippen LogP contribution in [0.15, 0.2) is 36.7 Å². The molecule has 0 saturated carbocycles. The van der Waals surface area contributed by atoms with Crippen molar-refractivity contribution in [2.24, 2.45) is 0 Å². The molecule has 0 spiro atoms. The summed E-state index contributed by atoms with van der Waals surface area (Å²) in [6.07, 6.45) is 2.04. The SMILES string of the molecule is CC(O)c1ccc(Oc2cncc(Cl)c2)c([N+](=O)[O-])c1. The van der Waals surface area contributed by atoms with Gasteiger partial charge in [-0.05, 0) is 18.6 Å². The van der Waals surface area contributed by atoms with Crippen molar-refractivity contribution in [2.45, 2.75) is 13.0 Å². The van der Waals surface area contributed by atoms with E-state index in [-0.39, 0.29) is 11.4 Å². The first-order chi connectivity index (χ1) is 9.47. The lowest BCUT2D eigenvalue weighted by Crippen LogP contribution is -1.97. The van der Waals surface area contributed by atoms with Crippen LogP contribution >= 0.6 is 11.6 Å². The fraction of sp³-hybridized carbons (Fsp3) is 0.154. The number of nitro benzene ring substituents is 1. The average Bonchev–Trinajstić information content (AvgIpc) is 2.38. The summed E-state index contributed by atoms with van der Waals surface area (Å²) in [7, 11) is 0. The normalized spacial score (nSPS) is 11.9. The highest BCUT2D eigenvalue weighted by Crippen LogP contribution is 2.33. The van der Waals surface area contributed by atoms with Crippen molar-refractivity contribution >= 4 is 17.3 Å². The second-order valence-corrected chi connectivity index (χ2v) is 4.54. The van der Waals surface area contributed by atoms with Crippen molar-refractivity contribution in [3.63, 3.8) is 0 Å². The Labute approximate surface area is 119 Å². The highest BCUT2D eigenvalue weighted by atomic mass is 35.5. The molecule has 0 aliphatic heterocycles. The summed E-state index contributed by atoms with van der Waals surface area (Å²) in [6.45, 7) is 1.53. The first kappa shape index (κ1) is 14.2. The van der Waals surface area contributed by atoms with Crippen LogP contribution in [0.2, 0.25) is 5.02 Å². The fourth-order valence-corrected chi connectivity index (χ4v) is 1.76. The Balaban J connectivity index is 2.38. The predicted molar refractivity (Wildman–Crippen MR) is 73.1 cm³/mol. The molecule has 1 heterocycles. The number of aliphatic hydroxyl groups is 1. The third-order valence-electron chi connectivity index (χ3n) is 2.57. The molecular formula is C13H11ClN2O4. The molecule has 20 heavy (non-hydrogen) atoms. The number of pyridine rings is 1. The van der Waals surface area contributed by atoms with Crippen molar-refractivity contribution in [3.8, 4) is 11.5 Å². The van der Waals surface area contributed by atoms with E-state index in [9.17, 15) is 15.2 Å². The van der Waals surface area contributed by atoms with Gasteiger partial charge in [-0.2, -0.15) is 0 Å². The third kappa shape index (κ3) is 3.23.